The number of aromatic nitrogens is 1. The van der Waals surface area contributed by atoms with Crippen LogP contribution in [0.1, 0.15) is 11.1 Å². The Morgan fingerprint density at radius 3 is 2.57 bits per heavy atom. The highest BCUT2D eigenvalue weighted by Gasteiger charge is 2.07. The Balaban J connectivity index is 2.01. The number of benzene rings is 1. The van der Waals surface area contributed by atoms with Gasteiger partial charge in [0.15, 0.2) is 14.9 Å². The lowest BCUT2D eigenvalue weighted by Gasteiger charge is -2.08. The van der Waals surface area contributed by atoms with Crippen LogP contribution in [0.15, 0.2) is 47.6 Å². The maximum atomic E-state index is 11.3. The van der Waals surface area contributed by atoms with Crippen LogP contribution >= 0.6 is 0 Å². The van der Waals surface area contributed by atoms with E-state index in [2.05, 4.69) is 16.4 Å². The Morgan fingerprint density at radius 2 is 1.95 bits per heavy atom. The van der Waals surface area contributed by atoms with E-state index in [1.807, 2.05) is 18.2 Å². The van der Waals surface area contributed by atoms with E-state index in [1.165, 1.54) is 12.3 Å². The van der Waals surface area contributed by atoms with E-state index in [-0.39, 0.29) is 5.03 Å². The lowest BCUT2D eigenvalue weighted by Crippen LogP contribution is -2.03. The van der Waals surface area contributed by atoms with E-state index in [9.17, 15) is 8.42 Å². The van der Waals surface area contributed by atoms with Gasteiger partial charge in [-0.2, -0.15) is 0 Å². The van der Waals surface area contributed by atoms with Gasteiger partial charge in [0.05, 0.1) is 18.5 Å². The molecule has 1 N–H and O–H groups in total. The minimum Gasteiger partial charge on any atom is -0.380 e. The molecule has 0 unspecified atom stereocenters. The maximum absolute atomic E-state index is 11.3. The van der Waals surface area contributed by atoms with Gasteiger partial charge in [0.2, 0.25) is 0 Å². The van der Waals surface area contributed by atoms with E-state index in [0.29, 0.717) is 13.2 Å². The minimum absolute atomic E-state index is 0.0788. The van der Waals surface area contributed by atoms with E-state index in [4.69, 9.17) is 4.74 Å². The smallest absolute Gasteiger partial charge is 0.192 e. The van der Waals surface area contributed by atoms with Gasteiger partial charge in [-0.25, -0.2) is 13.4 Å². The van der Waals surface area contributed by atoms with Crippen LogP contribution < -0.4 is 5.32 Å². The highest BCUT2D eigenvalue weighted by molar-refractivity contribution is 7.90. The first-order valence-electron chi connectivity index (χ1n) is 6.46. The van der Waals surface area contributed by atoms with Crippen LogP contribution in [0.3, 0.4) is 0 Å². The summed E-state index contributed by atoms with van der Waals surface area (Å²) in [5.74, 6) is 0. The van der Waals surface area contributed by atoms with Gasteiger partial charge in [-0.05, 0) is 23.3 Å². The molecule has 112 valence electrons. The third-order valence-corrected chi connectivity index (χ3v) is 3.92. The van der Waals surface area contributed by atoms with Crippen molar-refractivity contribution in [3.63, 3.8) is 0 Å². The fourth-order valence-corrected chi connectivity index (χ4v) is 2.46. The lowest BCUT2D eigenvalue weighted by atomic mass is 10.1. The first-order valence-corrected chi connectivity index (χ1v) is 8.35. The summed E-state index contributed by atoms with van der Waals surface area (Å²) in [5, 5.41) is 3.29. The average Bonchev–Trinajstić information content (AvgIpc) is 2.45. The zero-order valence-corrected chi connectivity index (χ0v) is 12.9. The number of nitrogens with one attached hydrogen (secondary N) is 1. The third-order valence-electron chi connectivity index (χ3n) is 2.92. The summed E-state index contributed by atoms with van der Waals surface area (Å²) in [5.41, 5.74) is 3.01. The van der Waals surface area contributed by atoms with Crippen molar-refractivity contribution in [3.05, 3.63) is 53.7 Å². The van der Waals surface area contributed by atoms with Crippen LogP contribution in [0, 0.1) is 0 Å². The van der Waals surface area contributed by atoms with E-state index >= 15 is 0 Å². The Bertz CT molecular complexity index is 697. The van der Waals surface area contributed by atoms with Gasteiger partial charge < -0.3 is 10.1 Å². The predicted octanol–water partition coefficient (Wildman–Crippen LogP) is 2.24. The molecule has 0 spiro atoms. The maximum Gasteiger partial charge on any atom is 0.192 e. The highest BCUT2D eigenvalue weighted by Crippen LogP contribution is 2.13. The first kappa shape index (κ1) is 15.5. The predicted molar refractivity (Wildman–Crippen MR) is 81.8 cm³/mol. The number of hydrogen-bond acceptors (Lipinski definition) is 5. The van der Waals surface area contributed by atoms with Crippen molar-refractivity contribution in [3.8, 4) is 0 Å². The van der Waals surface area contributed by atoms with E-state index < -0.39 is 9.84 Å². The molecule has 2 aromatic rings. The number of hydrogen-bond donors (Lipinski definition) is 1. The summed E-state index contributed by atoms with van der Waals surface area (Å²) < 4.78 is 27.8. The van der Waals surface area contributed by atoms with Gasteiger partial charge in [-0.3, -0.25) is 0 Å². The second kappa shape index (κ2) is 6.69. The second-order valence-electron chi connectivity index (χ2n) is 4.76. The van der Waals surface area contributed by atoms with Crippen LogP contribution in [-0.2, 0) is 27.7 Å². The molecular formula is C15H18N2O3S. The van der Waals surface area contributed by atoms with E-state index in [0.717, 1.165) is 23.1 Å². The topological polar surface area (TPSA) is 68.3 Å². The van der Waals surface area contributed by atoms with Crippen LogP contribution in [0.5, 0.6) is 0 Å². The number of methoxy groups -OCH3 is 1. The molecule has 0 atom stereocenters. The number of sulfone groups is 1. The molecule has 0 saturated heterocycles. The fourth-order valence-electron chi connectivity index (χ4n) is 1.90. The molecule has 2 rings (SSSR count). The molecule has 0 aliphatic rings. The summed E-state index contributed by atoms with van der Waals surface area (Å²) in [6, 6.07) is 11.3. The molecule has 1 heterocycles. The van der Waals surface area contributed by atoms with Gasteiger partial charge in [0.25, 0.3) is 0 Å². The first-order chi connectivity index (χ1) is 9.99. The number of anilines is 1. The molecule has 0 aliphatic carbocycles. The Kier molecular flexibility index (Phi) is 4.93. The lowest BCUT2D eigenvalue weighted by molar-refractivity contribution is 0.185. The largest absolute Gasteiger partial charge is 0.380 e. The van der Waals surface area contributed by atoms with Gasteiger partial charge >= 0.3 is 0 Å². The zero-order valence-electron chi connectivity index (χ0n) is 12.0. The summed E-state index contributed by atoms with van der Waals surface area (Å²) in [7, 11) is -1.58. The molecule has 6 heteroatoms. The monoisotopic (exact) mass is 306 g/mol. The van der Waals surface area contributed by atoms with Crippen molar-refractivity contribution in [2.75, 3.05) is 18.7 Å². The second-order valence-corrected chi connectivity index (χ2v) is 6.73. The quantitative estimate of drug-likeness (QED) is 0.886. The Labute approximate surface area is 124 Å². The number of pyridine rings is 1. The minimum atomic E-state index is -3.25. The molecule has 1 aromatic carbocycles. The highest BCUT2D eigenvalue weighted by atomic mass is 32.2. The number of ether oxygens (including phenoxy) is 1. The SMILES string of the molecule is COCc1cccc(CNc2ccc(S(C)(=O)=O)nc2)c1. The fraction of sp³-hybridized carbons (Fsp3) is 0.267. The summed E-state index contributed by atoms with van der Waals surface area (Å²) in [6.45, 7) is 1.22. The molecule has 0 aliphatic heterocycles. The van der Waals surface area contributed by atoms with Crippen molar-refractivity contribution in [1.29, 1.82) is 0 Å². The van der Waals surface area contributed by atoms with Gasteiger partial charge in [-0.15, -0.1) is 0 Å². The molecule has 0 amide bonds. The normalized spacial score (nSPS) is 11.3. The van der Waals surface area contributed by atoms with Crippen molar-refractivity contribution in [2.45, 2.75) is 18.2 Å². The van der Waals surface area contributed by atoms with Crippen LogP contribution in [0.2, 0.25) is 0 Å². The molecule has 0 radical (unpaired) electrons. The molecule has 0 saturated carbocycles. The van der Waals surface area contributed by atoms with E-state index in [1.54, 1.807) is 13.2 Å². The Hall–Kier alpha value is -1.92. The van der Waals surface area contributed by atoms with Crippen LogP contribution in [0.4, 0.5) is 5.69 Å². The summed E-state index contributed by atoms with van der Waals surface area (Å²) >= 11 is 0. The molecule has 0 bridgehead atoms. The van der Waals surface area contributed by atoms with Crippen molar-refractivity contribution in [1.82, 2.24) is 4.98 Å². The van der Waals surface area contributed by atoms with Gasteiger partial charge in [0, 0.05) is 19.9 Å². The summed E-state index contributed by atoms with van der Waals surface area (Å²) in [4.78, 5) is 3.94. The molecule has 21 heavy (non-hydrogen) atoms. The molecule has 1 aromatic heterocycles. The Morgan fingerprint density at radius 1 is 1.19 bits per heavy atom. The van der Waals surface area contributed by atoms with Crippen molar-refractivity contribution < 1.29 is 13.2 Å². The number of nitrogens with zero attached hydrogens (tertiary/aromatic N) is 1. The molecule has 5 nitrogen and oxygen atoms in total. The average molecular weight is 306 g/mol. The third kappa shape index (κ3) is 4.54. The van der Waals surface area contributed by atoms with Crippen LogP contribution in [-0.4, -0.2) is 26.8 Å². The van der Waals surface area contributed by atoms with Crippen molar-refractivity contribution in [2.24, 2.45) is 0 Å². The zero-order chi connectivity index (χ0) is 15.3. The van der Waals surface area contributed by atoms with Crippen molar-refractivity contribution >= 4 is 15.5 Å². The number of rotatable bonds is 6. The molecule has 0 fully saturated rings. The molecular weight excluding hydrogens is 288 g/mol. The van der Waals surface area contributed by atoms with Gasteiger partial charge in [-0.1, -0.05) is 24.3 Å². The standard InChI is InChI=1S/C15H18N2O3S/c1-20-11-13-5-3-4-12(8-13)9-16-14-6-7-15(17-10-14)21(2,18)19/h3-8,10,16H,9,11H2,1-2H3. The van der Waals surface area contributed by atoms with Crippen LogP contribution in [0.25, 0.3) is 0 Å². The summed E-state index contributed by atoms with van der Waals surface area (Å²) in [6.07, 6.45) is 2.67. The van der Waals surface area contributed by atoms with Gasteiger partial charge in [0.1, 0.15) is 0 Å².